The SMILES string of the molecule is CCCOC1=C(C)CCC=C1C. The summed E-state index contributed by atoms with van der Waals surface area (Å²) in [5.74, 6) is 1.14. The van der Waals surface area contributed by atoms with Crippen LogP contribution in [0.15, 0.2) is 23.0 Å². The van der Waals surface area contributed by atoms with Gasteiger partial charge in [-0.3, -0.25) is 0 Å². The van der Waals surface area contributed by atoms with Crippen LogP contribution in [0.5, 0.6) is 0 Å². The van der Waals surface area contributed by atoms with E-state index in [2.05, 4.69) is 26.8 Å². The molecule has 0 aromatic carbocycles. The van der Waals surface area contributed by atoms with Gasteiger partial charge in [-0.1, -0.05) is 13.0 Å². The molecule has 1 aliphatic carbocycles. The lowest BCUT2D eigenvalue weighted by Gasteiger charge is -2.17. The molecule has 0 fully saturated rings. The van der Waals surface area contributed by atoms with Crippen LogP contribution in [0.2, 0.25) is 0 Å². The summed E-state index contributed by atoms with van der Waals surface area (Å²) in [6.07, 6.45) is 5.69. The second-order valence-electron chi connectivity index (χ2n) is 3.38. The molecule has 0 aliphatic heterocycles. The van der Waals surface area contributed by atoms with Crippen LogP contribution < -0.4 is 0 Å². The van der Waals surface area contributed by atoms with Crippen LogP contribution in [0.25, 0.3) is 0 Å². The van der Waals surface area contributed by atoms with Gasteiger partial charge in [0, 0.05) is 0 Å². The Kier molecular flexibility index (Phi) is 3.39. The molecule has 0 aromatic rings. The topological polar surface area (TPSA) is 9.23 Å². The number of hydrogen-bond donors (Lipinski definition) is 0. The Morgan fingerprint density at radius 3 is 2.75 bits per heavy atom. The molecule has 0 saturated carbocycles. The second-order valence-corrected chi connectivity index (χ2v) is 3.38. The maximum absolute atomic E-state index is 5.67. The van der Waals surface area contributed by atoms with Crippen LogP contribution in [-0.2, 0) is 4.74 Å². The van der Waals surface area contributed by atoms with Gasteiger partial charge < -0.3 is 4.74 Å². The Labute approximate surface area is 75.1 Å². The Balaban J connectivity index is 2.63. The van der Waals surface area contributed by atoms with Crippen LogP contribution in [-0.4, -0.2) is 6.61 Å². The van der Waals surface area contributed by atoms with E-state index in [0.29, 0.717) is 0 Å². The normalized spacial score (nSPS) is 17.8. The van der Waals surface area contributed by atoms with E-state index in [0.717, 1.165) is 25.2 Å². The van der Waals surface area contributed by atoms with Crippen molar-refractivity contribution in [3.05, 3.63) is 23.0 Å². The van der Waals surface area contributed by atoms with Crippen molar-refractivity contribution >= 4 is 0 Å². The average molecular weight is 166 g/mol. The minimum absolute atomic E-state index is 0.845. The third-order valence-corrected chi connectivity index (χ3v) is 2.17. The summed E-state index contributed by atoms with van der Waals surface area (Å²) >= 11 is 0. The molecule has 0 saturated heterocycles. The second kappa shape index (κ2) is 4.34. The van der Waals surface area contributed by atoms with Gasteiger partial charge in [0.25, 0.3) is 0 Å². The zero-order valence-corrected chi connectivity index (χ0v) is 8.31. The molecule has 0 unspecified atom stereocenters. The van der Waals surface area contributed by atoms with Gasteiger partial charge in [-0.25, -0.2) is 0 Å². The van der Waals surface area contributed by atoms with Crippen LogP contribution in [0, 0.1) is 0 Å². The van der Waals surface area contributed by atoms with Crippen molar-refractivity contribution in [2.24, 2.45) is 0 Å². The first-order valence-electron chi connectivity index (χ1n) is 4.75. The molecule has 1 rings (SSSR count). The first-order chi connectivity index (χ1) is 5.75. The van der Waals surface area contributed by atoms with E-state index < -0.39 is 0 Å². The van der Waals surface area contributed by atoms with Crippen molar-refractivity contribution in [2.45, 2.75) is 40.0 Å². The van der Waals surface area contributed by atoms with E-state index in [1.54, 1.807) is 0 Å². The molecule has 0 amide bonds. The first kappa shape index (κ1) is 9.37. The van der Waals surface area contributed by atoms with Crippen LogP contribution in [0.4, 0.5) is 0 Å². The van der Waals surface area contributed by atoms with Gasteiger partial charge in [-0.15, -0.1) is 0 Å². The van der Waals surface area contributed by atoms with E-state index in [1.165, 1.54) is 17.6 Å². The van der Waals surface area contributed by atoms with Crippen LogP contribution in [0.1, 0.15) is 40.0 Å². The van der Waals surface area contributed by atoms with Gasteiger partial charge in [-0.05, 0) is 44.3 Å². The Morgan fingerprint density at radius 1 is 1.42 bits per heavy atom. The number of allylic oxidation sites excluding steroid dienone is 3. The minimum Gasteiger partial charge on any atom is -0.493 e. The Morgan fingerprint density at radius 2 is 2.17 bits per heavy atom. The predicted octanol–water partition coefficient (Wildman–Crippen LogP) is 3.43. The molecule has 0 aromatic heterocycles. The van der Waals surface area contributed by atoms with Crippen LogP contribution >= 0.6 is 0 Å². The summed E-state index contributed by atoms with van der Waals surface area (Å²) in [7, 11) is 0. The lowest BCUT2D eigenvalue weighted by molar-refractivity contribution is 0.214. The monoisotopic (exact) mass is 166 g/mol. The first-order valence-corrected chi connectivity index (χ1v) is 4.75. The summed E-state index contributed by atoms with van der Waals surface area (Å²) in [6.45, 7) is 7.28. The molecular formula is C11H18O. The molecule has 0 atom stereocenters. The molecule has 1 heteroatoms. The highest BCUT2D eigenvalue weighted by Gasteiger charge is 2.10. The number of hydrogen-bond acceptors (Lipinski definition) is 1. The lowest BCUT2D eigenvalue weighted by atomic mass is 10.00. The van der Waals surface area contributed by atoms with E-state index in [4.69, 9.17) is 4.74 Å². The largest absolute Gasteiger partial charge is 0.493 e. The summed E-state index contributed by atoms with van der Waals surface area (Å²) in [5.41, 5.74) is 2.72. The van der Waals surface area contributed by atoms with Crippen molar-refractivity contribution < 1.29 is 4.74 Å². The summed E-state index contributed by atoms with van der Waals surface area (Å²) in [6, 6.07) is 0. The molecule has 12 heavy (non-hydrogen) atoms. The molecule has 0 spiro atoms. The van der Waals surface area contributed by atoms with Gasteiger partial charge in [0.2, 0.25) is 0 Å². The molecular weight excluding hydrogens is 148 g/mol. The van der Waals surface area contributed by atoms with E-state index >= 15 is 0 Å². The fourth-order valence-electron chi connectivity index (χ4n) is 1.49. The van der Waals surface area contributed by atoms with Crippen molar-refractivity contribution in [2.75, 3.05) is 6.61 Å². The molecule has 0 radical (unpaired) electrons. The maximum Gasteiger partial charge on any atom is 0.120 e. The van der Waals surface area contributed by atoms with Gasteiger partial charge in [0.15, 0.2) is 0 Å². The van der Waals surface area contributed by atoms with Gasteiger partial charge >= 0.3 is 0 Å². The third-order valence-electron chi connectivity index (χ3n) is 2.17. The molecule has 1 aliphatic rings. The van der Waals surface area contributed by atoms with E-state index in [-0.39, 0.29) is 0 Å². The lowest BCUT2D eigenvalue weighted by Crippen LogP contribution is -2.02. The number of rotatable bonds is 3. The quantitative estimate of drug-likeness (QED) is 0.624. The molecule has 0 heterocycles. The third kappa shape index (κ3) is 2.13. The minimum atomic E-state index is 0.845. The maximum atomic E-state index is 5.67. The smallest absolute Gasteiger partial charge is 0.120 e. The van der Waals surface area contributed by atoms with Crippen molar-refractivity contribution in [3.63, 3.8) is 0 Å². The summed E-state index contributed by atoms with van der Waals surface area (Å²) in [5, 5.41) is 0. The molecule has 0 bridgehead atoms. The summed E-state index contributed by atoms with van der Waals surface area (Å²) < 4.78 is 5.67. The Bertz CT molecular complexity index is 211. The van der Waals surface area contributed by atoms with Crippen LogP contribution in [0.3, 0.4) is 0 Å². The standard InChI is InChI=1S/C11H18O/c1-4-8-12-11-9(2)6-5-7-10(11)3/h6H,4-5,7-8H2,1-3H3. The van der Waals surface area contributed by atoms with E-state index in [9.17, 15) is 0 Å². The van der Waals surface area contributed by atoms with Gasteiger partial charge in [0.1, 0.15) is 5.76 Å². The van der Waals surface area contributed by atoms with Crippen molar-refractivity contribution in [1.29, 1.82) is 0 Å². The highest BCUT2D eigenvalue weighted by molar-refractivity contribution is 5.31. The zero-order chi connectivity index (χ0) is 8.97. The van der Waals surface area contributed by atoms with Crippen molar-refractivity contribution in [1.82, 2.24) is 0 Å². The molecule has 0 N–H and O–H groups in total. The number of ether oxygens (including phenoxy) is 1. The fourth-order valence-corrected chi connectivity index (χ4v) is 1.49. The fraction of sp³-hybridized carbons (Fsp3) is 0.636. The molecule has 68 valence electrons. The van der Waals surface area contributed by atoms with Crippen molar-refractivity contribution in [3.8, 4) is 0 Å². The average Bonchev–Trinajstić information content (AvgIpc) is 2.04. The highest BCUT2D eigenvalue weighted by atomic mass is 16.5. The summed E-state index contributed by atoms with van der Waals surface area (Å²) in [4.78, 5) is 0. The van der Waals surface area contributed by atoms with Gasteiger partial charge in [-0.2, -0.15) is 0 Å². The predicted molar refractivity (Wildman–Crippen MR) is 51.9 cm³/mol. The van der Waals surface area contributed by atoms with E-state index in [1.807, 2.05) is 0 Å². The highest BCUT2D eigenvalue weighted by Crippen LogP contribution is 2.25. The Hall–Kier alpha value is -0.720. The zero-order valence-electron chi connectivity index (χ0n) is 8.31. The molecule has 1 nitrogen and oxygen atoms in total. The van der Waals surface area contributed by atoms with Gasteiger partial charge in [0.05, 0.1) is 6.61 Å².